The third-order valence-electron chi connectivity index (χ3n) is 6.13. The Morgan fingerprint density at radius 3 is 2.42 bits per heavy atom. The van der Waals surface area contributed by atoms with Gasteiger partial charge in [0.1, 0.15) is 11.8 Å². The molecule has 2 amide bonds. The third kappa shape index (κ3) is 5.65. The first kappa shape index (κ1) is 23.5. The average molecular weight is 483 g/mol. The second-order valence-electron chi connectivity index (χ2n) is 8.43. The van der Waals surface area contributed by atoms with E-state index in [1.54, 1.807) is 23.3 Å². The van der Waals surface area contributed by atoms with Crippen LogP contribution in [0.3, 0.4) is 0 Å². The molecule has 0 radical (unpaired) electrons. The molecule has 1 aromatic carbocycles. The highest BCUT2D eigenvalue weighted by molar-refractivity contribution is 7.10. The van der Waals surface area contributed by atoms with Crippen LogP contribution in [-0.2, 0) is 16.0 Å². The van der Waals surface area contributed by atoms with Crippen molar-refractivity contribution in [1.82, 2.24) is 5.32 Å². The molecule has 5 nitrogen and oxygen atoms in total. The fraction of sp³-hybridized carbons (Fsp3) is 0.385. The summed E-state index contributed by atoms with van der Waals surface area (Å²) in [7, 11) is 1.62. The van der Waals surface area contributed by atoms with Crippen LogP contribution < -0.4 is 15.0 Å². The summed E-state index contributed by atoms with van der Waals surface area (Å²) in [5.74, 6) is 0.502. The minimum Gasteiger partial charge on any atom is -0.497 e. The lowest BCUT2D eigenvalue weighted by atomic mass is 9.95. The number of nitrogens with one attached hydrogen (secondary N) is 1. The van der Waals surface area contributed by atoms with Crippen molar-refractivity contribution in [2.75, 3.05) is 12.0 Å². The molecule has 4 rings (SSSR count). The molecular weight excluding hydrogens is 452 g/mol. The molecule has 0 bridgehead atoms. The van der Waals surface area contributed by atoms with Gasteiger partial charge in [-0.05, 0) is 72.5 Å². The number of nitrogens with zero attached hydrogens (tertiary/aromatic N) is 1. The summed E-state index contributed by atoms with van der Waals surface area (Å²) in [6.45, 7) is 2.00. The van der Waals surface area contributed by atoms with Crippen LogP contribution in [0.15, 0.2) is 53.2 Å². The maximum atomic E-state index is 13.8. The monoisotopic (exact) mass is 482 g/mol. The van der Waals surface area contributed by atoms with Gasteiger partial charge in [-0.2, -0.15) is 0 Å². The quantitative estimate of drug-likeness (QED) is 0.435. The first-order valence-corrected chi connectivity index (χ1v) is 13.2. The van der Waals surface area contributed by atoms with Crippen molar-refractivity contribution < 1.29 is 14.3 Å². The molecule has 0 unspecified atom stereocenters. The molecule has 0 aliphatic heterocycles. The Morgan fingerprint density at radius 2 is 1.82 bits per heavy atom. The van der Waals surface area contributed by atoms with Gasteiger partial charge in [-0.25, -0.2) is 0 Å². The van der Waals surface area contributed by atoms with Gasteiger partial charge in [0.2, 0.25) is 11.8 Å². The Balaban J connectivity index is 1.73. The third-order valence-corrected chi connectivity index (χ3v) is 8.08. The Morgan fingerprint density at radius 1 is 1.06 bits per heavy atom. The van der Waals surface area contributed by atoms with E-state index in [0.717, 1.165) is 41.0 Å². The first-order valence-electron chi connectivity index (χ1n) is 11.4. The van der Waals surface area contributed by atoms with E-state index in [2.05, 4.69) is 5.32 Å². The van der Waals surface area contributed by atoms with Crippen molar-refractivity contribution in [2.24, 2.45) is 0 Å². The zero-order valence-electron chi connectivity index (χ0n) is 19.1. The van der Waals surface area contributed by atoms with Gasteiger partial charge < -0.3 is 10.1 Å². The zero-order valence-corrected chi connectivity index (χ0v) is 20.7. The van der Waals surface area contributed by atoms with Crippen LogP contribution in [0.1, 0.15) is 53.5 Å². The molecule has 33 heavy (non-hydrogen) atoms. The second kappa shape index (κ2) is 11.0. The van der Waals surface area contributed by atoms with E-state index in [0.29, 0.717) is 11.4 Å². The molecule has 174 valence electrons. The molecule has 7 heteroatoms. The summed E-state index contributed by atoms with van der Waals surface area (Å²) in [6, 6.07) is 12.7. The number of aryl methyl sites for hydroxylation is 1. The standard InChI is InChI=1S/C26H30N2O3S2/c1-18-14-16-33-25(18)24(26(30)27-19-7-4-3-5-8-19)28(20-10-12-21(31-2)13-11-20)23(29)17-22-9-6-15-32-22/h6,9-16,19,24H,3-5,7-8,17H2,1-2H3,(H,27,30)/t24-/m0/s1. The van der Waals surface area contributed by atoms with Crippen molar-refractivity contribution in [3.63, 3.8) is 0 Å². The molecule has 1 N–H and O–H groups in total. The van der Waals surface area contributed by atoms with Crippen molar-refractivity contribution in [2.45, 2.75) is 57.5 Å². The maximum absolute atomic E-state index is 13.8. The minimum absolute atomic E-state index is 0.0980. The van der Waals surface area contributed by atoms with Gasteiger partial charge in [-0.3, -0.25) is 14.5 Å². The van der Waals surface area contributed by atoms with Crippen molar-refractivity contribution in [3.05, 3.63) is 68.5 Å². The summed E-state index contributed by atoms with van der Waals surface area (Å²) in [5.41, 5.74) is 1.71. The number of amides is 2. The van der Waals surface area contributed by atoms with Gasteiger partial charge in [-0.1, -0.05) is 25.3 Å². The van der Waals surface area contributed by atoms with E-state index in [9.17, 15) is 9.59 Å². The van der Waals surface area contributed by atoms with Crippen LogP contribution in [0.2, 0.25) is 0 Å². The SMILES string of the molecule is COc1ccc(N(C(=O)Cc2cccs2)[C@H](C(=O)NC2CCCCC2)c2sccc2C)cc1. The molecule has 1 saturated carbocycles. The lowest BCUT2D eigenvalue weighted by Crippen LogP contribution is -2.47. The van der Waals surface area contributed by atoms with Gasteiger partial charge in [0.05, 0.1) is 13.5 Å². The Hall–Kier alpha value is -2.64. The van der Waals surface area contributed by atoms with Crippen LogP contribution in [0, 0.1) is 6.92 Å². The first-order chi connectivity index (χ1) is 16.1. The number of carbonyl (C=O) groups is 2. The molecule has 2 heterocycles. The Kier molecular flexibility index (Phi) is 7.83. The number of carbonyl (C=O) groups excluding carboxylic acids is 2. The largest absolute Gasteiger partial charge is 0.497 e. The number of thiophene rings is 2. The molecule has 1 fully saturated rings. The summed E-state index contributed by atoms with van der Waals surface area (Å²) >= 11 is 3.08. The average Bonchev–Trinajstić information content (AvgIpc) is 3.49. The molecular formula is C26H30N2O3S2. The van der Waals surface area contributed by atoms with E-state index in [1.807, 2.05) is 60.1 Å². The van der Waals surface area contributed by atoms with E-state index < -0.39 is 6.04 Å². The highest BCUT2D eigenvalue weighted by Crippen LogP contribution is 2.35. The highest BCUT2D eigenvalue weighted by Gasteiger charge is 2.35. The predicted molar refractivity (Wildman–Crippen MR) is 135 cm³/mol. The fourth-order valence-electron chi connectivity index (χ4n) is 4.37. The number of rotatable bonds is 8. The summed E-state index contributed by atoms with van der Waals surface area (Å²) in [4.78, 5) is 31.1. The molecule has 1 aliphatic carbocycles. The molecule has 1 aliphatic rings. The topological polar surface area (TPSA) is 58.6 Å². The van der Waals surface area contributed by atoms with Crippen LogP contribution in [0.4, 0.5) is 5.69 Å². The van der Waals surface area contributed by atoms with Crippen molar-refractivity contribution >= 4 is 40.2 Å². The smallest absolute Gasteiger partial charge is 0.248 e. The zero-order chi connectivity index (χ0) is 23.2. The van der Waals surface area contributed by atoms with E-state index in [-0.39, 0.29) is 24.3 Å². The minimum atomic E-state index is -0.715. The fourth-order valence-corrected chi connectivity index (χ4v) is 6.08. The van der Waals surface area contributed by atoms with Gasteiger partial charge >= 0.3 is 0 Å². The molecule has 0 spiro atoms. The Bertz CT molecular complexity index is 1050. The van der Waals surface area contributed by atoms with Gasteiger partial charge in [0.25, 0.3) is 0 Å². The van der Waals surface area contributed by atoms with E-state index in [1.165, 1.54) is 17.8 Å². The second-order valence-corrected chi connectivity index (χ2v) is 10.4. The number of benzene rings is 1. The number of ether oxygens (including phenoxy) is 1. The summed E-state index contributed by atoms with van der Waals surface area (Å²) in [6.07, 6.45) is 5.72. The van der Waals surface area contributed by atoms with E-state index in [4.69, 9.17) is 4.74 Å². The number of methoxy groups -OCH3 is 1. The molecule has 2 aromatic heterocycles. The number of hydrogen-bond donors (Lipinski definition) is 1. The van der Waals surface area contributed by atoms with Crippen LogP contribution >= 0.6 is 22.7 Å². The van der Waals surface area contributed by atoms with Crippen molar-refractivity contribution in [3.8, 4) is 5.75 Å². The lowest BCUT2D eigenvalue weighted by Gasteiger charge is -2.33. The normalized spacial score (nSPS) is 15.1. The van der Waals surface area contributed by atoms with Gasteiger partial charge in [0, 0.05) is 21.5 Å². The molecule has 0 saturated heterocycles. The lowest BCUT2D eigenvalue weighted by molar-refractivity contribution is -0.127. The summed E-state index contributed by atoms with van der Waals surface area (Å²) < 4.78 is 5.32. The predicted octanol–water partition coefficient (Wildman–Crippen LogP) is 5.89. The van der Waals surface area contributed by atoms with Crippen LogP contribution in [0.25, 0.3) is 0 Å². The molecule has 3 aromatic rings. The van der Waals surface area contributed by atoms with Gasteiger partial charge in [-0.15, -0.1) is 22.7 Å². The molecule has 1 atom stereocenters. The number of hydrogen-bond acceptors (Lipinski definition) is 5. The highest BCUT2D eigenvalue weighted by atomic mass is 32.1. The van der Waals surface area contributed by atoms with Gasteiger partial charge in [0.15, 0.2) is 0 Å². The van der Waals surface area contributed by atoms with Crippen LogP contribution in [0.5, 0.6) is 5.75 Å². The van der Waals surface area contributed by atoms with Crippen LogP contribution in [-0.4, -0.2) is 25.0 Å². The van der Waals surface area contributed by atoms with E-state index >= 15 is 0 Å². The summed E-state index contributed by atoms with van der Waals surface area (Å²) in [5, 5.41) is 7.23. The number of anilines is 1. The Labute approximate surface area is 203 Å². The van der Waals surface area contributed by atoms with Crippen molar-refractivity contribution in [1.29, 1.82) is 0 Å². The maximum Gasteiger partial charge on any atom is 0.248 e.